The van der Waals surface area contributed by atoms with Crippen LogP contribution >= 0.6 is 23.2 Å². The molecular weight excluding hydrogens is 264 g/mol. The maximum atomic E-state index is 13.0. The van der Waals surface area contributed by atoms with Crippen molar-refractivity contribution in [1.82, 2.24) is 0 Å². The zero-order chi connectivity index (χ0) is 12.4. The molecule has 0 bridgehead atoms. The zero-order valence-corrected chi connectivity index (χ0v) is 10.1. The fourth-order valence-corrected chi connectivity index (χ4v) is 1.91. The van der Waals surface area contributed by atoms with Gasteiger partial charge in [0.2, 0.25) is 0 Å². The van der Waals surface area contributed by atoms with Gasteiger partial charge < -0.3 is 10.5 Å². The highest BCUT2D eigenvalue weighted by molar-refractivity contribution is 6.37. The molecule has 2 aromatic carbocycles. The summed E-state index contributed by atoms with van der Waals surface area (Å²) in [7, 11) is 0. The summed E-state index contributed by atoms with van der Waals surface area (Å²) in [4.78, 5) is 0. The second-order valence-corrected chi connectivity index (χ2v) is 4.19. The Labute approximate surface area is 108 Å². The Bertz CT molecular complexity index is 537. The third-order valence-corrected chi connectivity index (χ3v) is 2.60. The minimum absolute atomic E-state index is 0.258. The molecule has 0 spiro atoms. The second kappa shape index (κ2) is 4.82. The average molecular weight is 272 g/mol. The standard InChI is InChI=1S/C12H8Cl2FNO/c13-10-5-8(16)6-11(14)12(10)17-9-3-1-2-7(15)4-9/h1-6H,16H2. The van der Waals surface area contributed by atoms with Crippen LogP contribution in [-0.2, 0) is 0 Å². The number of ether oxygens (including phenoxy) is 1. The van der Waals surface area contributed by atoms with Crippen LogP contribution in [0.4, 0.5) is 10.1 Å². The molecule has 0 aromatic heterocycles. The number of anilines is 1. The van der Waals surface area contributed by atoms with E-state index in [-0.39, 0.29) is 15.8 Å². The summed E-state index contributed by atoms with van der Waals surface area (Å²) in [5.74, 6) is 0.178. The highest BCUT2D eigenvalue weighted by atomic mass is 35.5. The lowest BCUT2D eigenvalue weighted by molar-refractivity contribution is 0.477. The first kappa shape index (κ1) is 12.0. The number of nitrogen functional groups attached to an aromatic ring is 1. The van der Waals surface area contributed by atoms with Crippen LogP contribution in [0.15, 0.2) is 36.4 Å². The van der Waals surface area contributed by atoms with Crippen molar-refractivity contribution in [2.75, 3.05) is 5.73 Å². The van der Waals surface area contributed by atoms with Gasteiger partial charge in [0.15, 0.2) is 5.75 Å². The summed E-state index contributed by atoms with van der Waals surface area (Å²) >= 11 is 11.9. The van der Waals surface area contributed by atoms with E-state index in [4.69, 9.17) is 33.7 Å². The fraction of sp³-hybridized carbons (Fsp3) is 0. The SMILES string of the molecule is Nc1cc(Cl)c(Oc2cccc(F)c2)c(Cl)c1. The van der Waals surface area contributed by atoms with Gasteiger partial charge in [0.1, 0.15) is 11.6 Å². The Morgan fingerprint density at radius 1 is 1.06 bits per heavy atom. The number of benzene rings is 2. The van der Waals surface area contributed by atoms with Crippen LogP contribution in [0.25, 0.3) is 0 Å². The van der Waals surface area contributed by atoms with E-state index in [2.05, 4.69) is 0 Å². The molecule has 2 rings (SSSR count). The van der Waals surface area contributed by atoms with Gasteiger partial charge in [-0.3, -0.25) is 0 Å². The molecule has 0 aliphatic rings. The highest BCUT2D eigenvalue weighted by Gasteiger charge is 2.10. The summed E-state index contributed by atoms with van der Waals surface area (Å²) in [5, 5.41) is 0.554. The van der Waals surface area contributed by atoms with E-state index in [9.17, 15) is 4.39 Å². The molecule has 2 aromatic rings. The first-order valence-electron chi connectivity index (χ1n) is 4.74. The normalized spacial score (nSPS) is 10.3. The summed E-state index contributed by atoms with van der Waals surface area (Å²) in [6, 6.07) is 8.72. The van der Waals surface area contributed by atoms with E-state index in [1.54, 1.807) is 6.07 Å². The van der Waals surface area contributed by atoms with Gasteiger partial charge in [-0.1, -0.05) is 29.3 Å². The van der Waals surface area contributed by atoms with Crippen LogP contribution in [0, 0.1) is 5.82 Å². The van der Waals surface area contributed by atoms with Crippen molar-refractivity contribution in [1.29, 1.82) is 0 Å². The molecule has 0 heterocycles. The molecule has 0 saturated heterocycles. The van der Waals surface area contributed by atoms with Gasteiger partial charge in [-0.15, -0.1) is 0 Å². The number of rotatable bonds is 2. The van der Waals surface area contributed by atoms with Crippen molar-refractivity contribution in [2.24, 2.45) is 0 Å². The molecule has 0 radical (unpaired) electrons. The van der Waals surface area contributed by atoms with E-state index >= 15 is 0 Å². The van der Waals surface area contributed by atoms with E-state index < -0.39 is 5.82 Å². The van der Waals surface area contributed by atoms with Crippen LogP contribution in [0.2, 0.25) is 10.0 Å². The monoisotopic (exact) mass is 271 g/mol. The number of nitrogens with two attached hydrogens (primary N) is 1. The highest BCUT2D eigenvalue weighted by Crippen LogP contribution is 2.38. The number of halogens is 3. The first-order valence-corrected chi connectivity index (χ1v) is 5.50. The van der Waals surface area contributed by atoms with Gasteiger partial charge in [-0.05, 0) is 24.3 Å². The predicted molar refractivity (Wildman–Crippen MR) is 67.3 cm³/mol. The van der Waals surface area contributed by atoms with Crippen molar-refractivity contribution >= 4 is 28.9 Å². The lowest BCUT2D eigenvalue weighted by atomic mass is 10.3. The van der Waals surface area contributed by atoms with Gasteiger partial charge in [0, 0.05) is 11.8 Å². The average Bonchev–Trinajstić information content (AvgIpc) is 2.23. The van der Waals surface area contributed by atoms with Gasteiger partial charge in [-0.2, -0.15) is 0 Å². The van der Waals surface area contributed by atoms with Gasteiger partial charge in [0.25, 0.3) is 0 Å². The van der Waals surface area contributed by atoms with E-state index in [1.165, 1.54) is 30.3 Å². The van der Waals surface area contributed by atoms with Crippen LogP contribution in [0.3, 0.4) is 0 Å². The summed E-state index contributed by atoms with van der Waals surface area (Å²) in [5.41, 5.74) is 6.00. The molecule has 0 atom stereocenters. The summed E-state index contributed by atoms with van der Waals surface area (Å²) in [6.07, 6.45) is 0. The Balaban J connectivity index is 2.36. The quantitative estimate of drug-likeness (QED) is 0.816. The van der Waals surface area contributed by atoms with Gasteiger partial charge >= 0.3 is 0 Å². The van der Waals surface area contributed by atoms with Crippen LogP contribution < -0.4 is 10.5 Å². The maximum absolute atomic E-state index is 13.0. The summed E-state index contributed by atoms with van der Waals surface area (Å²) < 4.78 is 18.4. The maximum Gasteiger partial charge on any atom is 0.164 e. The van der Waals surface area contributed by atoms with Gasteiger partial charge in [0.05, 0.1) is 10.0 Å². The Morgan fingerprint density at radius 2 is 1.71 bits per heavy atom. The van der Waals surface area contributed by atoms with E-state index in [0.717, 1.165) is 0 Å². The van der Waals surface area contributed by atoms with Crippen molar-refractivity contribution in [2.45, 2.75) is 0 Å². The molecule has 0 aliphatic heterocycles. The number of hydrogen-bond acceptors (Lipinski definition) is 2. The molecule has 88 valence electrons. The predicted octanol–water partition coefficient (Wildman–Crippen LogP) is 4.51. The fourth-order valence-electron chi connectivity index (χ4n) is 1.33. The Morgan fingerprint density at radius 3 is 2.29 bits per heavy atom. The second-order valence-electron chi connectivity index (χ2n) is 3.37. The lowest BCUT2D eigenvalue weighted by Crippen LogP contribution is -1.90. The Hall–Kier alpha value is -1.45. The third-order valence-electron chi connectivity index (χ3n) is 2.04. The largest absolute Gasteiger partial charge is 0.454 e. The first-order chi connectivity index (χ1) is 8.06. The molecule has 0 unspecified atom stereocenters. The van der Waals surface area contributed by atoms with Crippen molar-refractivity contribution in [3.8, 4) is 11.5 Å². The van der Waals surface area contributed by atoms with Crippen LogP contribution in [0.1, 0.15) is 0 Å². The minimum atomic E-state index is -0.398. The van der Waals surface area contributed by atoms with Crippen molar-refractivity contribution in [3.05, 3.63) is 52.3 Å². The van der Waals surface area contributed by atoms with Crippen LogP contribution in [-0.4, -0.2) is 0 Å². The molecule has 0 fully saturated rings. The smallest absolute Gasteiger partial charge is 0.164 e. The van der Waals surface area contributed by atoms with E-state index in [1.807, 2.05) is 0 Å². The lowest BCUT2D eigenvalue weighted by Gasteiger charge is -2.10. The molecule has 2 N–H and O–H groups in total. The molecule has 0 aliphatic carbocycles. The van der Waals surface area contributed by atoms with Gasteiger partial charge in [-0.25, -0.2) is 4.39 Å². The van der Waals surface area contributed by atoms with Crippen molar-refractivity contribution < 1.29 is 9.13 Å². The zero-order valence-electron chi connectivity index (χ0n) is 8.58. The number of hydrogen-bond donors (Lipinski definition) is 1. The molecule has 5 heteroatoms. The molecule has 0 amide bonds. The molecule has 2 nitrogen and oxygen atoms in total. The topological polar surface area (TPSA) is 35.2 Å². The molecule has 0 saturated carbocycles. The third kappa shape index (κ3) is 2.81. The summed E-state index contributed by atoms with van der Waals surface area (Å²) in [6.45, 7) is 0. The van der Waals surface area contributed by atoms with E-state index in [0.29, 0.717) is 11.4 Å². The van der Waals surface area contributed by atoms with Crippen LogP contribution in [0.5, 0.6) is 11.5 Å². The molecular formula is C12H8Cl2FNO. The van der Waals surface area contributed by atoms with Crippen molar-refractivity contribution in [3.63, 3.8) is 0 Å². The Kier molecular flexibility index (Phi) is 3.41. The minimum Gasteiger partial charge on any atom is -0.454 e. The molecule has 17 heavy (non-hydrogen) atoms.